The van der Waals surface area contributed by atoms with Gasteiger partial charge in [-0.1, -0.05) is 30.3 Å². The summed E-state index contributed by atoms with van der Waals surface area (Å²) in [4.78, 5) is 29.9. The number of fused-ring (bicyclic) bond motifs is 2. The first kappa shape index (κ1) is 22.7. The van der Waals surface area contributed by atoms with E-state index in [9.17, 15) is 9.59 Å². The number of piperidine rings is 1. The molecule has 8 heteroatoms. The van der Waals surface area contributed by atoms with E-state index >= 15 is 0 Å². The fourth-order valence-corrected chi connectivity index (χ4v) is 5.93. The van der Waals surface area contributed by atoms with Crippen LogP contribution in [0.1, 0.15) is 24.9 Å². The van der Waals surface area contributed by atoms with Crippen molar-refractivity contribution in [3.8, 4) is 11.5 Å². The minimum atomic E-state index is -0.392. The molecule has 2 saturated heterocycles. The van der Waals surface area contributed by atoms with Crippen molar-refractivity contribution in [1.82, 2.24) is 15.1 Å². The van der Waals surface area contributed by atoms with Gasteiger partial charge in [0, 0.05) is 43.7 Å². The highest BCUT2D eigenvalue weighted by atomic mass is 16.6. The molecule has 2 N–H and O–H groups in total. The Morgan fingerprint density at radius 3 is 2.59 bits per heavy atom. The first-order valence-electron chi connectivity index (χ1n) is 11.9. The number of benzene rings is 2. The van der Waals surface area contributed by atoms with Gasteiger partial charge in [-0.15, -0.1) is 0 Å². The fraction of sp³-hybridized carbons (Fsp3) is 0.462. The Hall–Kier alpha value is -3.10. The molecule has 3 heterocycles. The van der Waals surface area contributed by atoms with E-state index in [2.05, 4.69) is 39.6 Å². The quantitative estimate of drug-likeness (QED) is 0.707. The van der Waals surface area contributed by atoms with Crippen LogP contribution in [0.25, 0.3) is 0 Å². The number of hydrogen-bond acceptors (Lipinski definition) is 6. The van der Waals surface area contributed by atoms with Gasteiger partial charge in [0.05, 0.1) is 12.1 Å². The van der Waals surface area contributed by atoms with E-state index in [0.717, 1.165) is 19.5 Å². The van der Waals surface area contributed by atoms with Crippen molar-refractivity contribution in [2.24, 2.45) is 5.92 Å². The molecule has 3 aliphatic rings. The third-order valence-electron chi connectivity index (χ3n) is 7.08. The fourth-order valence-electron chi connectivity index (χ4n) is 5.93. The van der Waals surface area contributed by atoms with E-state index in [1.807, 2.05) is 30.3 Å². The molecule has 0 bridgehead atoms. The van der Waals surface area contributed by atoms with Crippen molar-refractivity contribution in [3.63, 3.8) is 0 Å². The summed E-state index contributed by atoms with van der Waals surface area (Å²) in [5.74, 6) is 1.43. The van der Waals surface area contributed by atoms with Crippen LogP contribution in [-0.2, 0) is 9.59 Å². The normalized spacial score (nSPS) is 26.5. The van der Waals surface area contributed by atoms with Gasteiger partial charge in [0.2, 0.25) is 11.8 Å². The Bertz CT molecular complexity index is 1060. The lowest BCUT2D eigenvalue weighted by molar-refractivity contribution is -0.122. The van der Waals surface area contributed by atoms with E-state index in [-0.39, 0.29) is 30.3 Å². The first-order chi connectivity index (χ1) is 16.4. The zero-order chi connectivity index (χ0) is 23.7. The predicted octanol–water partition coefficient (Wildman–Crippen LogP) is 2.28. The summed E-state index contributed by atoms with van der Waals surface area (Å²) < 4.78 is 11.2. The number of nitrogens with zero attached hydrogens (tertiary/aromatic N) is 2. The molecule has 2 fully saturated rings. The number of likely N-dealkylation sites (N-methyl/N-ethyl adjacent to an activating group) is 1. The standard InChI is InChI=1S/C26H32N4O4/c1-18(31)28-26-16-29(2)11-10-21(26)25(19-6-4-3-5-7-19)30(17-26)15-24(32)27-20-8-9-22-23(14-20)34-13-12-33-22/h3-9,14,21,25H,10-13,15-17H2,1-2H3,(H,27,32)(H,28,31)/t21-,25-,26-/m1/s1. The summed E-state index contributed by atoms with van der Waals surface area (Å²) in [7, 11) is 2.09. The van der Waals surface area contributed by atoms with Gasteiger partial charge in [-0.3, -0.25) is 14.5 Å². The van der Waals surface area contributed by atoms with Crippen molar-refractivity contribution in [3.05, 3.63) is 54.1 Å². The molecule has 2 amide bonds. The highest BCUT2D eigenvalue weighted by Crippen LogP contribution is 2.47. The minimum absolute atomic E-state index is 0.0327. The molecule has 3 atom stereocenters. The molecule has 0 radical (unpaired) electrons. The van der Waals surface area contributed by atoms with Crippen molar-refractivity contribution in [2.45, 2.75) is 24.9 Å². The lowest BCUT2D eigenvalue weighted by Gasteiger charge is -2.44. The van der Waals surface area contributed by atoms with E-state index < -0.39 is 5.54 Å². The third kappa shape index (κ3) is 4.48. The Kier molecular flexibility index (Phi) is 6.18. The molecule has 0 spiro atoms. The van der Waals surface area contributed by atoms with Crippen LogP contribution in [0.3, 0.4) is 0 Å². The molecule has 0 unspecified atom stereocenters. The molecule has 34 heavy (non-hydrogen) atoms. The molecular weight excluding hydrogens is 432 g/mol. The lowest BCUT2D eigenvalue weighted by atomic mass is 9.76. The summed E-state index contributed by atoms with van der Waals surface area (Å²) in [5.41, 5.74) is 1.46. The van der Waals surface area contributed by atoms with Crippen LogP contribution in [0.15, 0.2) is 48.5 Å². The number of nitrogens with one attached hydrogen (secondary N) is 2. The van der Waals surface area contributed by atoms with Crippen LogP contribution in [0.2, 0.25) is 0 Å². The van der Waals surface area contributed by atoms with Crippen LogP contribution in [0.5, 0.6) is 11.5 Å². The van der Waals surface area contributed by atoms with Crippen molar-refractivity contribution in [1.29, 1.82) is 0 Å². The molecule has 8 nitrogen and oxygen atoms in total. The maximum Gasteiger partial charge on any atom is 0.238 e. The Morgan fingerprint density at radius 1 is 1.06 bits per heavy atom. The maximum absolute atomic E-state index is 13.2. The molecule has 5 rings (SSSR count). The first-order valence-corrected chi connectivity index (χ1v) is 11.9. The van der Waals surface area contributed by atoms with Gasteiger partial charge < -0.3 is 25.0 Å². The Balaban J connectivity index is 1.39. The number of anilines is 1. The van der Waals surface area contributed by atoms with Gasteiger partial charge in [-0.2, -0.15) is 0 Å². The van der Waals surface area contributed by atoms with E-state index in [4.69, 9.17) is 9.47 Å². The summed E-state index contributed by atoms with van der Waals surface area (Å²) >= 11 is 0. The monoisotopic (exact) mass is 464 g/mol. The van der Waals surface area contributed by atoms with Gasteiger partial charge in [0.1, 0.15) is 13.2 Å². The topological polar surface area (TPSA) is 83.1 Å². The molecule has 3 aliphatic heterocycles. The average Bonchev–Trinajstić information content (AvgIpc) is 3.10. The smallest absolute Gasteiger partial charge is 0.238 e. The zero-order valence-corrected chi connectivity index (χ0v) is 19.8. The summed E-state index contributed by atoms with van der Waals surface area (Å²) in [6.45, 7) is 5.19. The van der Waals surface area contributed by atoms with Gasteiger partial charge in [0.25, 0.3) is 0 Å². The summed E-state index contributed by atoms with van der Waals surface area (Å²) in [6, 6.07) is 15.8. The largest absolute Gasteiger partial charge is 0.486 e. The maximum atomic E-state index is 13.2. The second kappa shape index (κ2) is 9.27. The number of amides is 2. The van der Waals surface area contributed by atoms with E-state index in [0.29, 0.717) is 36.9 Å². The number of rotatable bonds is 5. The van der Waals surface area contributed by atoms with Gasteiger partial charge in [0.15, 0.2) is 11.5 Å². The molecule has 2 aromatic rings. The van der Waals surface area contributed by atoms with Gasteiger partial charge in [-0.25, -0.2) is 0 Å². The number of carbonyl (C=O) groups excluding carboxylic acids is 2. The Morgan fingerprint density at radius 2 is 1.82 bits per heavy atom. The van der Waals surface area contributed by atoms with E-state index in [1.165, 1.54) is 5.56 Å². The van der Waals surface area contributed by atoms with Crippen LogP contribution in [0, 0.1) is 5.92 Å². The number of ether oxygens (including phenoxy) is 2. The van der Waals surface area contributed by atoms with E-state index in [1.54, 1.807) is 13.0 Å². The van der Waals surface area contributed by atoms with Crippen LogP contribution in [0.4, 0.5) is 5.69 Å². The van der Waals surface area contributed by atoms with Gasteiger partial charge >= 0.3 is 0 Å². The van der Waals surface area contributed by atoms with Crippen molar-refractivity contribution in [2.75, 3.05) is 51.8 Å². The molecule has 0 aromatic heterocycles. The third-order valence-corrected chi connectivity index (χ3v) is 7.08. The summed E-state index contributed by atoms with van der Waals surface area (Å²) in [5, 5.41) is 6.31. The molecule has 180 valence electrons. The van der Waals surface area contributed by atoms with Gasteiger partial charge in [-0.05, 0) is 37.7 Å². The predicted molar refractivity (Wildman–Crippen MR) is 129 cm³/mol. The van der Waals surface area contributed by atoms with Crippen LogP contribution >= 0.6 is 0 Å². The van der Waals surface area contributed by atoms with Crippen LogP contribution < -0.4 is 20.1 Å². The number of carbonyl (C=O) groups is 2. The highest BCUT2D eigenvalue weighted by molar-refractivity contribution is 5.92. The summed E-state index contributed by atoms with van der Waals surface area (Å²) in [6.07, 6.45) is 0.955. The van der Waals surface area contributed by atoms with Crippen molar-refractivity contribution < 1.29 is 19.1 Å². The lowest BCUT2D eigenvalue weighted by Crippen LogP contribution is -2.63. The molecular formula is C26H32N4O4. The zero-order valence-electron chi connectivity index (χ0n) is 19.8. The van der Waals surface area contributed by atoms with Crippen molar-refractivity contribution >= 4 is 17.5 Å². The number of likely N-dealkylation sites (tertiary alicyclic amines) is 2. The molecule has 0 aliphatic carbocycles. The second-order valence-corrected chi connectivity index (χ2v) is 9.64. The minimum Gasteiger partial charge on any atom is -0.486 e. The molecule has 2 aromatic carbocycles. The molecule has 0 saturated carbocycles. The second-order valence-electron chi connectivity index (χ2n) is 9.64. The van der Waals surface area contributed by atoms with Crippen LogP contribution in [-0.4, -0.2) is 73.6 Å². The Labute approximate surface area is 200 Å². The SMILES string of the molecule is CC(=O)N[C@@]12CN(C)CC[C@@H]1[C@@H](c1ccccc1)N(CC(=O)Nc1ccc3c(c1)OCCO3)C2. The average molecular weight is 465 g/mol. The highest BCUT2D eigenvalue weighted by Gasteiger charge is 2.55. The number of hydrogen-bond donors (Lipinski definition) is 2.